The summed E-state index contributed by atoms with van der Waals surface area (Å²) in [5.74, 6) is 0.754. The van der Waals surface area contributed by atoms with Gasteiger partial charge in [-0.05, 0) is 38.1 Å². The second-order valence-corrected chi connectivity index (χ2v) is 5.42. The van der Waals surface area contributed by atoms with Crippen LogP contribution in [0.5, 0.6) is 5.75 Å². The highest BCUT2D eigenvalue weighted by molar-refractivity contribution is 5.57. The van der Waals surface area contributed by atoms with Crippen molar-refractivity contribution in [3.05, 3.63) is 59.0 Å². The van der Waals surface area contributed by atoms with Crippen molar-refractivity contribution in [1.29, 1.82) is 0 Å². The molecule has 0 saturated heterocycles. The second kappa shape index (κ2) is 6.08. The molecule has 2 aromatic heterocycles. The molecule has 0 N–H and O–H groups in total. The van der Waals surface area contributed by atoms with Crippen molar-refractivity contribution in [3.8, 4) is 22.8 Å². The van der Waals surface area contributed by atoms with E-state index in [0.717, 1.165) is 17.1 Å². The fourth-order valence-corrected chi connectivity index (χ4v) is 2.38. The van der Waals surface area contributed by atoms with Gasteiger partial charge < -0.3 is 4.74 Å². The highest BCUT2D eigenvalue weighted by Crippen LogP contribution is 2.22. The van der Waals surface area contributed by atoms with E-state index in [4.69, 9.17) is 4.74 Å². The van der Waals surface area contributed by atoms with Gasteiger partial charge in [-0.1, -0.05) is 6.07 Å². The molecule has 0 amide bonds. The van der Waals surface area contributed by atoms with Gasteiger partial charge in [-0.25, -0.2) is 9.36 Å². The molecule has 23 heavy (non-hydrogen) atoms. The molecule has 0 bridgehead atoms. The minimum atomic E-state index is -0.115. The second-order valence-electron chi connectivity index (χ2n) is 5.42. The lowest BCUT2D eigenvalue weighted by atomic mass is 10.2. The molecular weight excluding hydrogens is 292 g/mol. The van der Waals surface area contributed by atoms with Crippen molar-refractivity contribution in [2.24, 2.45) is 0 Å². The summed E-state index contributed by atoms with van der Waals surface area (Å²) in [4.78, 5) is 11.9. The minimum absolute atomic E-state index is 0.00404. The lowest BCUT2D eigenvalue weighted by Gasteiger charge is -2.12. The van der Waals surface area contributed by atoms with Gasteiger partial charge in [-0.2, -0.15) is 10.2 Å². The van der Waals surface area contributed by atoms with Crippen LogP contribution >= 0.6 is 0 Å². The number of hydrogen-bond acceptors (Lipinski definition) is 4. The van der Waals surface area contributed by atoms with Gasteiger partial charge in [0, 0.05) is 12.1 Å². The summed E-state index contributed by atoms with van der Waals surface area (Å²) in [6.45, 7) is 3.86. The fraction of sp³-hybridized carbons (Fsp3) is 0.235. The molecule has 0 atom stereocenters. The Morgan fingerprint density at radius 3 is 2.70 bits per heavy atom. The maximum atomic E-state index is 11.9. The summed E-state index contributed by atoms with van der Waals surface area (Å²) in [5, 5.41) is 8.82. The molecule has 0 spiro atoms. The molecular formula is C17H18N4O2. The molecule has 0 aliphatic carbocycles. The topological polar surface area (TPSA) is 61.9 Å². The van der Waals surface area contributed by atoms with Crippen LogP contribution in [0.3, 0.4) is 0 Å². The average Bonchev–Trinajstić information content (AvgIpc) is 3.04. The summed E-state index contributed by atoms with van der Waals surface area (Å²) in [6.07, 6.45) is 1.71. The number of nitrogens with zero attached hydrogens (tertiary/aromatic N) is 4. The Morgan fingerprint density at radius 1 is 1.13 bits per heavy atom. The van der Waals surface area contributed by atoms with E-state index < -0.39 is 0 Å². The van der Waals surface area contributed by atoms with E-state index in [0.29, 0.717) is 5.69 Å². The van der Waals surface area contributed by atoms with Gasteiger partial charge in [0.1, 0.15) is 11.4 Å². The molecule has 0 fully saturated rings. The number of methoxy groups -OCH3 is 1. The van der Waals surface area contributed by atoms with Crippen LogP contribution in [0, 0.1) is 0 Å². The van der Waals surface area contributed by atoms with Gasteiger partial charge >= 0.3 is 0 Å². The zero-order valence-electron chi connectivity index (χ0n) is 13.3. The maximum Gasteiger partial charge on any atom is 0.267 e. The molecule has 3 aromatic rings. The minimum Gasteiger partial charge on any atom is -0.497 e. The van der Waals surface area contributed by atoms with Crippen molar-refractivity contribution < 1.29 is 4.74 Å². The van der Waals surface area contributed by atoms with Crippen LogP contribution in [0.15, 0.2) is 53.5 Å². The molecule has 0 aliphatic heterocycles. The first kappa shape index (κ1) is 15.0. The van der Waals surface area contributed by atoms with Crippen LogP contribution < -0.4 is 10.3 Å². The third-order valence-corrected chi connectivity index (χ3v) is 3.52. The van der Waals surface area contributed by atoms with Crippen molar-refractivity contribution in [1.82, 2.24) is 19.6 Å². The predicted molar refractivity (Wildman–Crippen MR) is 88.0 cm³/mol. The zero-order valence-corrected chi connectivity index (χ0v) is 13.3. The Balaban J connectivity index is 2.11. The quantitative estimate of drug-likeness (QED) is 0.743. The van der Waals surface area contributed by atoms with Gasteiger partial charge in [0.2, 0.25) is 0 Å². The standard InChI is InChI=1S/C17H18N4O2/c1-12(2)20-17(22)8-7-15(19-20)16-9-10-18-21(16)13-5-4-6-14(11-13)23-3/h4-12H,1-3H3. The third-order valence-electron chi connectivity index (χ3n) is 3.52. The Bertz CT molecular complexity index is 880. The van der Waals surface area contributed by atoms with Crippen molar-refractivity contribution in [2.75, 3.05) is 7.11 Å². The smallest absolute Gasteiger partial charge is 0.267 e. The highest BCUT2D eigenvalue weighted by Gasteiger charge is 2.12. The van der Waals surface area contributed by atoms with E-state index in [2.05, 4.69) is 10.2 Å². The van der Waals surface area contributed by atoms with Crippen molar-refractivity contribution in [2.45, 2.75) is 19.9 Å². The maximum absolute atomic E-state index is 11.9. The van der Waals surface area contributed by atoms with Crippen LogP contribution in [0.2, 0.25) is 0 Å². The summed E-state index contributed by atoms with van der Waals surface area (Å²) in [7, 11) is 1.63. The molecule has 0 saturated carbocycles. The Hall–Kier alpha value is -2.89. The van der Waals surface area contributed by atoms with E-state index in [1.807, 2.05) is 44.2 Å². The molecule has 118 valence electrons. The molecule has 2 heterocycles. The number of ether oxygens (including phenoxy) is 1. The molecule has 1 aromatic carbocycles. The van der Waals surface area contributed by atoms with Gasteiger partial charge in [-0.3, -0.25) is 4.79 Å². The Morgan fingerprint density at radius 2 is 1.96 bits per heavy atom. The number of aromatic nitrogens is 4. The predicted octanol–water partition coefficient (Wildman–Crippen LogP) is 2.69. The number of rotatable bonds is 4. The van der Waals surface area contributed by atoms with E-state index in [9.17, 15) is 4.79 Å². The van der Waals surface area contributed by atoms with E-state index in [-0.39, 0.29) is 11.6 Å². The lowest BCUT2D eigenvalue weighted by Crippen LogP contribution is -2.24. The summed E-state index contributed by atoms with van der Waals surface area (Å²) in [6, 6.07) is 12.7. The molecule has 0 aliphatic rings. The Kier molecular flexibility index (Phi) is 3.97. The SMILES string of the molecule is COc1cccc(-n2nccc2-c2ccc(=O)n(C(C)C)n2)c1. The first-order valence-corrected chi connectivity index (χ1v) is 7.39. The monoisotopic (exact) mass is 310 g/mol. The van der Waals surface area contributed by atoms with Crippen LogP contribution in [0.4, 0.5) is 0 Å². The highest BCUT2D eigenvalue weighted by atomic mass is 16.5. The largest absolute Gasteiger partial charge is 0.497 e. The summed E-state index contributed by atoms with van der Waals surface area (Å²) >= 11 is 0. The number of hydrogen-bond donors (Lipinski definition) is 0. The first-order valence-electron chi connectivity index (χ1n) is 7.39. The number of benzene rings is 1. The molecule has 0 unspecified atom stereocenters. The lowest BCUT2D eigenvalue weighted by molar-refractivity contribution is 0.414. The van der Waals surface area contributed by atoms with Crippen molar-refractivity contribution >= 4 is 0 Å². The van der Waals surface area contributed by atoms with Crippen LogP contribution in [-0.2, 0) is 0 Å². The summed E-state index contributed by atoms with van der Waals surface area (Å²) < 4.78 is 8.51. The van der Waals surface area contributed by atoms with Crippen LogP contribution in [0.25, 0.3) is 17.1 Å². The van der Waals surface area contributed by atoms with Gasteiger partial charge in [0.15, 0.2) is 0 Å². The first-order chi connectivity index (χ1) is 11.1. The van der Waals surface area contributed by atoms with Gasteiger partial charge in [0.05, 0.1) is 30.7 Å². The zero-order chi connectivity index (χ0) is 16.4. The van der Waals surface area contributed by atoms with Gasteiger partial charge in [-0.15, -0.1) is 0 Å². The van der Waals surface area contributed by atoms with Crippen molar-refractivity contribution in [3.63, 3.8) is 0 Å². The summed E-state index contributed by atoms with van der Waals surface area (Å²) in [5.41, 5.74) is 2.26. The van der Waals surface area contributed by atoms with E-state index >= 15 is 0 Å². The molecule has 6 heteroatoms. The molecule has 6 nitrogen and oxygen atoms in total. The van der Waals surface area contributed by atoms with E-state index in [1.54, 1.807) is 24.1 Å². The Labute approximate surface area is 134 Å². The van der Waals surface area contributed by atoms with Crippen LogP contribution in [-0.4, -0.2) is 26.7 Å². The van der Waals surface area contributed by atoms with Gasteiger partial charge in [0.25, 0.3) is 5.56 Å². The fourth-order valence-electron chi connectivity index (χ4n) is 2.38. The molecule has 0 radical (unpaired) electrons. The molecule has 3 rings (SSSR count). The average molecular weight is 310 g/mol. The van der Waals surface area contributed by atoms with Crippen LogP contribution in [0.1, 0.15) is 19.9 Å². The van der Waals surface area contributed by atoms with E-state index in [1.165, 1.54) is 10.7 Å². The third kappa shape index (κ3) is 2.88. The normalized spacial score (nSPS) is 11.0.